The van der Waals surface area contributed by atoms with Gasteiger partial charge in [-0.1, -0.05) is 0 Å². The van der Waals surface area contributed by atoms with Crippen molar-refractivity contribution in [2.75, 3.05) is 11.9 Å². The largest absolute Gasteiger partial charge is 0.353 e. The van der Waals surface area contributed by atoms with Crippen molar-refractivity contribution >= 4 is 17.2 Å². The van der Waals surface area contributed by atoms with Crippen molar-refractivity contribution in [1.29, 1.82) is 0 Å². The maximum absolute atomic E-state index is 4.77. The fourth-order valence-corrected chi connectivity index (χ4v) is 3.19. The van der Waals surface area contributed by atoms with Gasteiger partial charge < -0.3 is 4.90 Å². The van der Waals surface area contributed by atoms with Crippen molar-refractivity contribution in [2.24, 2.45) is 0 Å². The normalized spacial score (nSPS) is 10.8. The molecule has 6 heteroatoms. The molecule has 3 aromatic rings. The van der Waals surface area contributed by atoms with Crippen LogP contribution >= 0.6 is 11.3 Å². The zero-order valence-electron chi connectivity index (χ0n) is 13.7. The fraction of sp³-hybridized carbons (Fsp3) is 0.294. The summed E-state index contributed by atoms with van der Waals surface area (Å²) in [7, 11) is 2.04. The van der Waals surface area contributed by atoms with E-state index in [2.05, 4.69) is 32.2 Å². The third kappa shape index (κ3) is 3.37. The molecule has 0 amide bonds. The Balaban J connectivity index is 1.96. The standard InChI is InChI=1S/C17H19N5S/c1-11-10-23-15(19-11)9-22(4)17-12(2)13(3)20-16(21-17)14-5-7-18-8-6-14/h5-8,10H,9H2,1-4H3. The van der Waals surface area contributed by atoms with E-state index in [-0.39, 0.29) is 0 Å². The molecule has 3 heterocycles. The van der Waals surface area contributed by atoms with Gasteiger partial charge in [0.05, 0.1) is 6.54 Å². The quantitative estimate of drug-likeness (QED) is 0.734. The molecule has 0 aliphatic carbocycles. The molecule has 0 atom stereocenters. The van der Waals surface area contributed by atoms with E-state index in [1.165, 1.54) is 0 Å². The van der Waals surface area contributed by atoms with E-state index in [1.54, 1.807) is 23.7 Å². The summed E-state index contributed by atoms with van der Waals surface area (Å²) in [4.78, 5) is 20.1. The lowest BCUT2D eigenvalue weighted by atomic mass is 10.2. The van der Waals surface area contributed by atoms with E-state index in [0.717, 1.165) is 45.7 Å². The number of pyridine rings is 1. The number of aryl methyl sites for hydroxylation is 2. The van der Waals surface area contributed by atoms with Crippen molar-refractivity contribution in [3.05, 3.63) is 51.9 Å². The first-order valence-corrected chi connectivity index (χ1v) is 8.30. The molecule has 0 unspecified atom stereocenters. The van der Waals surface area contributed by atoms with Gasteiger partial charge in [0.15, 0.2) is 5.82 Å². The summed E-state index contributed by atoms with van der Waals surface area (Å²) in [6.07, 6.45) is 3.52. The van der Waals surface area contributed by atoms with Gasteiger partial charge in [0.2, 0.25) is 0 Å². The lowest BCUT2D eigenvalue weighted by Gasteiger charge is -2.20. The van der Waals surface area contributed by atoms with E-state index in [4.69, 9.17) is 4.98 Å². The molecule has 0 N–H and O–H groups in total. The molecule has 3 aromatic heterocycles. The van der Waals surface area contributed by atoms with Crippen LogP contribution in [0.2, 0.25) is 0 Å². The molecule has 0 aromatic carbocycles. The molecule has 0 saturated heterocycles. The molecule has 5 nitrogen and oxygen atoms in total. The van der Waals surface area contributed by atoms with E-state index >= 15 is 0 Å². The predicted octanol–water partition coefficient (Wildman–Crippen LogP) is 3.56. The van der Waals surface area contributed by atoms with Gasteiger partial charge in [-0.05, 0) is 32.9 Å². The molecule has 3 rings (SSSR count). The maximum Gasteiger partial charge on any atom is 0.161 e. The van der Waals surface area contributed by atoms with E-state index in [1.807, 2.05) is 33.0 Å². The van der Waals surface area contributed by atoms with Gasteiger partial charge in [-0.2, -0.15) is 0 Å². The molecule has 0 saturated carbocycles. The van der Waals surface area contributed by atoms with Crippen molar-refractivity contribution in [1.82, 2.24) is 19.9 Å². The first-order valence-electron chi connectivity index (χ1n) is 7.42. The highest BCUT2D eigenvalue weighted by Crippen LogP contribution is 2.25. The van der Waals surface area contributed by atoms with Crippen LogP contribution in [0.5, 0.6) is 0 Å². The van der Waals surface area contributed by atoms with Crippen LogP contribution in [0.25, 0.3) is 11.4 Å². The molecule has 0 aliphatic rings. The van der Waals surface area contributed by atoms with Gasteiger partial charge in [0, 0.05) is 47.3 Å². The Morgan fingerprint density at radius 3 is 2.43 bits per heavy atom. The summed E-state index contributed by atoms with van der Waals surface area (Å²) in [6.45, 7) is 6.84. The Bertz CT molecular complexity index is 813. The van der Waals surface area contributed by atoms with Gasteiger partial charge in [0.25, 0.3) is 0 Å². The van der Waals surface area contributed by atoms with Crippen molar-refractivity contribution in [3.8, 4) is 11.4 Å². The monoisotopic (exact) mass is 325 g/mol. The first-order chi connectivity index (χ1) is 11.0. The Morgan fingerprint density at radius 1 is 1.04 bits per heavy atom. The van der Waals surface area contributed by atoms with Crippen LogP contribution in [0.15, 0.2) is 29.9 Å². The summed E-state index contributed by atoms with van der Waals surface area (Å²) in [5, 5.41) is 3.16. The minimum atomic E-state index is 0.729. The molecule has 0 aliphatic heterocycles. The zero-order chi connectivity index (χ0) is 16.4. The van der Waals surface area contributed by atoms with Crippen LogP contribution in [0.3, 0.4) is 0 Å². The number of thiazole rings is 1. The minimum absolute atomic E-state index is 0.729. The molecule has 23 heavy (non-hydrogen) atoms. The third-order valence-electron chi connectivity index (χ3n) is 3.70. The van der Waals surface area contributed by atoms with E-state index < -0.39 is 0 Å². The van der Waals surface area contributed by atoms with Gasteiger partial charge in [-0.15, -0.1) is 11.3 Å². The van der Waals surface area contributed by atoms with Gasteiger partial charge in [0.1, 0.15) is 10.8 Å². The second-order valence-electron chi connectivity index (χ2n) is 5.56. The lowest BCUT2D eigenvalue weighted by molar-refractivity contribution is 0.866. The molecule has 0 fully saturated rings. The Hall–Kier alpha value is -2.34. The number of hydrogen-bond donors (Lipinski definition) is 0. The summed E-state index contributed by atoms with van der Waals surface area (Å²) < 4.78 is 0. The number of anilines is 1. The van der Waals surface area contributed by atoms with E-state index in [0.29, 0.717) is 0 Å². The number of aromatic nitrogens is 4. The van der Waals surface area contributed by atoms with E-state index in [9.17, 15) is 0 Å². The van der Waals surface area contributed by atoms with Crippen LogP contribution in [-0.4, -0.2) is 27.0 Å². The van der Waals surface area contributed by atoms with Crippen molar-refractivity contribution < 1.29 is 0 Å². The summed E-state index contributed by atoms with van der Waals surface area (Å²) in [5.74, 6) is 1.67. The highest BCUT2D eigenvalue weighted by atomic mass is 32.1. The Kier molecular flexibility index (Phi) is 4.34. The highest BCUT2D eigenvalue weighted by molar-refractivity contribution is 7.09. The van der Waals surface area contributed by atoms with Crippen molar-refractivity contribution in [2.45, 2.75) is 27.3 Å². The average Bonchev–Trinajstić information content (AvgIpc) is 2.95. The van der Waals surface area contributed by atoms with Crippen LogP contribution in [0, 0.1) is 20.8 Å². The Labute approximate surface area is 140 Å². The summed E-state index contributed by atoms with van der Waals surface area (Å²) >= 11 is 1.68. The molecular weight excluding hydrogens is 306 g/mol. The summed E-state index contributed by atoms with van der Waals surface area (Å²) in [6, 6.07) is 3.86. The molecule has 118 valence electrons. The minimum Gasteiger partial charge on any atom is -0.353 e. The number of hydrogen-bond acceptors (Lipinski definition) is 6. The van der Waals surface area contributed by atoms with Gasteiger partial charge in [-0.25, -0.2) is 15.0 Å². The van der Waals surface area contributed by atoms with Gasteiger partial charge >= 0.3 is 0 Å². The van der Waals surface area contributed by atoms with Crippen LogP contribution in [0.4, 0.5) is 5.82 Å². The lowest BCUT2D eigenvalue weighted by Crippen LogP contribution is -2.20. The maximum atomic E-state index is 4.77. The van der Waals surface area contributed by atoms with Crippen LogP contribution < -0.4 is 4.90 Å². The molecular formula is C17H19N5S. The third-order valence-corrected chi connectivity index (χ3v) is 4.65. The second-order valence-corrected chi connectivity index (χ2v) is 6.50. The zero-order valence-corrected chi connectivity index (χ0v) is 14.6. The first kappa shape index (κ1) is 15.6. The van der Waals surface area contributed by atoms with Crippen molar-refractivity contribution in [3.63, 3.8) is 0 Å². The topological polar surface area (TPSA) is 54.8 Å². The Morgan fingerprint density at radius 2 is 1.78 bits per heavy atom. The predicted molar refractivity (Wildman–Crippen MR) is 93.7 cm³/mol. The molecule has 0 radical (unpaired) electrons. The smallest absolute Gasteiger partial charge is 0.161 e. The summed E-state index contributed by atoms with van der Waals surface area (Å²) in [5.41, 5.74) is 4.12. The fourth-order valence-electron chi connectivity index (χ4n) is 2.37. The second kappa shape index (κ2) is 6.42. The SMILES string of the molecule is Cc1csc(CN(C)c2nc(-c3ccncc3)nc(C)c2C)n1. The molecule has 0 bridgehead atoms. The number of nitrogens with zero attached hydrogens (tertiary/aromatic N) is 5. The van der Waals surface area contributed by atoms with Crippen LogP contribution in [-0.2, 0) is 6.54 Å². The average molecular weight is 325 g/mol. The molecule has 0 spiro atoms. The van der Waals surface area contributed by atoms with Crippen LogP contribution in [0.1, 0.15) is 22.0 Å². The highest BCUT2D eigenvalue weighted by Gasteiger charge is 2.14. The number of rotatable bonds is 4. The van der Waals surface area contributed by atoms with Gasteiger partial charge in [-0.3, -0.25) is 4.98 Å².